The number of hydrogen-bond donors (Lipinski definition) is 1. The lowest BCUT2D eigenvalue weighted by Gasteiger charge is -2.31. The number of nitrogens with zero attached hydrogens (tertiary/aromatic N) is 1. The smallest absolute Gasteiger partial charge is 0.116 e. The summed E-state index contributed by atoms with van der Waals surface area (Å²) in [6, 6.07) is 0. The van der Waals surface area contributed by atoms with Crippen molar-refractivity contribution < 1.29 is 4.74 Å². The largest absolute Gasteiger partial charge is 0.376 e. The molecule has 3 nitrogen and oxygen atoms in total. The van der Waals surface area contributed by atoms with Crippen LogP contribution in [0.15, 0.2) is 0 Å². The van der Waals surface area contributed by atoms with Gasteiger partial charge in [-0.1, -0.05) is 6.92 Å². The summed E-state index contributed by atoms with van der Waals surface area (Å²) in [6.45, 7) is 6.16. The first-order valence-corrected chi connectivity index (χ1v) is 7.93. The molecule has 2 unspecified atom stereocenters. The van der Waals surface area contributed by atoms with Crippen LogP contribution in [0.3, 0.4) is 0 Å². The average molecular weight is 266 g/mol. The Bertz CT molecular complexity index is 408. The van der Waals surface area contributed by atoms with Crippen molar-refractivity contribution in [1.82, 2.24) is 10.3 Å². The van der Waals surface area contributed by atoms with Crippen molar-refractivity contribution >= 4 is 11.3 Å². The van der Waals surface area contributed by atoms with Crippen LogP contribution in [0.2, 0.25) is 0 Å². The van der Waals surface area contributed by atoms with Gasteiger partial charge < -0.3 is 10.1 Å². The van der Waals surface area contributed by atoms with Gasteiger partial charge in [0.05, 0.1) is 17.3 Å². The van der Waals surface area contributed by atoms with E-state index >= 15 is 0 Å². The minimum absolute atomic E-state index is 0.0310. The molecule has 0 bridgehead atoms. The number of aromatic nitrogens is 1. The minimum Gasteiger partial charge on any atom is -0.376 e. The quantitative estimate of drug-likeness (QED) is 0.913. The molecule has 0 spiro atoms. The van der Waals surface area contributed by atoms with E-state index in [1.807, 2.05) is 11.3 Å². The van der Waals surface area contributed by atoms with Crippen LogP contribution < -0.4 is 5.32 Å². The second kappa shape index (κ2) is 4.91. The van der Waals surface area contributed by atoms with Crippen LogP contribution in [-0.4, -0.2) is 24.2 Å². The molecule has 1 aromatic rings. The van der Waals surface area contributed by atoms with E-state index < -0.39 is 0 Å². The highest BCUT2D eigenvalue weighted by Gasteiger charge is 2.45. The number of rotatable bonds is 3. The number of hydrogen-bond acceptors (Lipinski definition) is 4. The van der Waals surface area contributed by atoms with Crippen LogP contribution in [0.1, 0.15) is 48.7 Å². The summed E-state index contributed by atoms with van der Waals surface area (Å²) in [6.07, 6.45) is 6.30. The molecule has 2 heterocycles. The lowest BCUT2D eigenvalue weighted by molar-refractivity contribution is 0.0825. The summed E-state index contributed by atoms with van der Waals surface area (Å²) in [7, 11) is 0. The van der Waals surface area contributed by atoms with Crippen LogP contribution in [0.25, 0.3) is 0 Å². The molecule has 0 amide bonds. The maximum absolute atomic E-state index is 5.81. The van der Waals surface area contributed by atoms with E-state index in [0.717, 1.165) is 19.6 Å². The number of likely N-dealkylation sites (N-methyl/N-ethyl adjacent to an activating group) is 1. The molecule has 0 radical (unpaired) electrons. The molecule has 2 aliphatic rings. The van der Waals surface area contributed by atoms with E-state index in [0.29, 0.717) is 0 Å². The van der Waals surface area contributed by atoms with Crippen LogP contribution in [0.4, 0.5) is 0 Å². The highest BCUT2D eigenvalue weighted by atomic mass is 32.1. The van der Waals surface area contributed by atoms with Crippen LogP contribution in [0.5, 0.6) is 0 Å². The van der Waals surface area contributed by atoms with E-state index in [-0.39, 0.29) is 11.6 Å². The SMILES string of the molecule is CCNC1(c2nc3c(s2)CCCC3)CCOC1C. The molecule has 3 rings (SSSR count). The highest BCUT2D eigenvalue weighted by Crippen LogP contribution is 2.40. The van der Waals surface area contributed by atoms with Gasteiger partial charge in [0.25, 0.3) is 0 Å². The predicted molar refractivity (Wildman–Crippen MR) is 74.1 cm³/mol. The second-order valence-electron chi connectivity index (χ2n) is 5.36. The van der Waals surface area contributed by atoms with Crippen molar-refractivity contribution in [2.75, 3.05) is 13.2 Å². The van der Waals surface area contributed by atoms with E-state index in [9.17, 15) is 0 Å². The molecule has 2 atom stereocenters. The second-order valence-corrected chi connectivity index (χ2v) is 6.44. The van der Waals surface area contributed by atoms with Crippen molar-refractivity contribution in [3.63, 3.8) is 0 Å². The Hall–Kier alpha value is -0.450. The summed E-state index contributed by atoms with van der Waals surface area (Å²) in [5.74, 6) is 0. The van der Waals surface area contributed by atoms with Crippen LogP contribution in [-0.2, 0) is 23.1 Å². The summed E-state index contributed by atoms with van der Waals surface area (Å²) < 4.78 is 5.81. The summed E-state index contributed by atoms with van der Waals surface area (Å²) in [5.41, 5.74) is 1.33. The van der Waals surface area contributed by atoms with Gasteiger partial charge in [-0.3, -0.25) is 0 Å². The third kappa shape index (κ3) is 1.91. The molecule has 4 heteroatoms. The third-order valence-electron chi connectivity index (χ3n) is 4.28. The van der Waals surface area contributed by atoms with E-state index in [2.05, 4.69) is 19.2 Å². The number of nitrogens with one attached hydrogen (secondary N) is 1. The van der Waals surface area contributed by atoms with Crippen molar-refractivity contribution in [2.24, 2.45) is 0 Å². The van der Waals surface area contributed by atoms with Crippen molar-refractivity contribution in [2.45, 2.75) is 57.6 Å². The zero-order valence-corrected chi connectivity index (χ0v) is 12.1. The van der Waals surface area contributed by atoms with Crippen LogP contribution in [0, 0.1) is 0 Å². The first-order valence-electron chi connectivity index (χ1n) is 7.12. The number of aryl methyl sites for hydroxylation is 2. The first kappa shape index (κ1) is 12.6. The fourth-order valence-corrected chi connectivity index (χ4v) is 4.61. The zero-order valence-electron chi connectivity index (χ0n) is 11.3. The topological polar surface area (TPSA) is 34.2 Å². The average Bonchev–Trinajstić information content (AvgIpc) is 2.95. The van der Waals surface area contributed by atoms with Crippen molar-refractivity contribution in [1.29, 1.82) is 0 Å². The molecule has 1 N–H and O–H groups in total. The third-order valence-corrected chi connectivity index (χ3v) is 5.61. The maximum Gasteiger partial charge on any atom is 0.116 e. The van der Waals surface area contributed by atoms with Gasteiger partial charge in [-0.15, -0.1) is 11.3 Å². The summed E-state index contributed by atoms with van der Waals surface area (Å²) >= 11 is 1.92. The van der Waals surface area contributed by atoms with Gasteiger partial charge in [0.2, 0.25) is 0 Å². The number of fused-ring (bicyclic) bond motifs is 1. The van der Waals surface area contributed by atoms with Gasteiger partial charge in [-0.2, -0.15) is 0 Å². The highest BCUT2D eigenvalue weighted by molar-refractivity contribution is 7.11. The zero-order chi connectivity index (χ0) is 12.6. The monoisotopic (exact) mass is 266 g/mol. The van der Waals surface area contributed by atoms with Gasteiger partial charge in [0.15, 0.2) is 0 Å². The summed E-state index contributed by atoms with van der Waals surface area (Å²) in [5, 5.41) is 4.92. The van der Waals surface area contributed by atoms with Gasteiger partial charge in [-0.05, 0) is 45.6 Å². The Morgan fingerprint density at radius 2 is 2.28 bits per heavy atom. The van der Waals surface area contributed by atoms with Gasteiger partial charge in [-0.25, -0.2) is 4.98 Å². The molecule has 0 saturated carbocycles. The number of thiazole rings is 1. The Morgan fingerprint density at radius 1 is 1.44 bits per heavy atom. The molecule has 1 saturated heterocycles. The molecule has 0 aromatic carbocycles. The Balaban J connectivity index is 1.97. The van der Waals surface area contributed by atoms with Crippen molar-refractivity contribution in [3.05, 3.63) is 15.6 Å². The standard InChI is InChI=1S/C14H22N2OS/c1-3-15-14(8-9-17-10(14)2)13-16-11-6-4-5-7-12(11)18-13/h10,15H,3-9H2,1-2H3. The van der Waals surface area contributed by atoms with E-state index in [1.54, 1.807) is 0 Å². The van der Waals surface area contributed by atoms with Gasteiger partial charge in [0, 0.05) is 11.5 Å². The molecule has 18 heavy (non-hydrogen) atoms. The van der Waals surface area contributed by atoms with Crippen LogP contribution >= 0.6 is 11.3 Å². The fraction of sp³-hybridized carbons (Fsp3) is 0.786. The molecule has 1 aliphatic carbocycles. The van der Waals surface area contributed by atoms with E-state index in [4.69, 9.17) is 9.72 Å². The molecule has 100 valence electrons. The summed E-state index contributed by atoms with van der Waals surface area (Å²) in [4.78, 5) is 6.47. The normalized spacial score (nSPS) is 31.6. The minimum atomic E-state index is -0.0310. The Morgan fingerprint density at radius 3 is 2.94 bits per heavy atom. The first-order chi connectivity index (χ1) is 8.76. The fourth-order valence-electron chi connectivity index (χ4n) is 3.19. The molecular formula is C14H22N2OS. The molecular weight excluding hydrogens is 244 g/mol. The molecule has 1 aliphatic heterocycles. The lowest BCUT2D eigenvalue weighted by Crippen LogP contribution is -2.47. The van der Waals surface area contributed by atoms with Crippen molar-refractivity contribution in [3.8, 4) is 0 Å². The molecule has 1 fully saturated rings. The maximum atomic E-state index is 5.81. The number of ether oxygens (including phenoxy) is 1. The Kier molecular flexibility index (Phi) is 3.43. The van der Waals surface area contributed by atoms with Gasteiger partial charge >= 0.3 is 0 Å². The lowest BCUT2D eigenvalue weighted by atomic mass is 9.92. The molecule has 1 aromatic heterocycles. The van der Waals surface area contributed by atoms with Gasteiger partial charge in [0.1, 0.15) is 5.01 Å². The van der Waals surface area contributed by atoms with E-state index in [1.165, 1.54) is 41.3 Å². The Labute approximate surface area is 113 Å². The predicted octanol–water partition coefficient (Wildman–Crippen LogP) is 2.64.